The Morgan fingerprint density at radius 2 is 1.86 bits per heavy atom. The van der Waals surface area contributed by atoms with E-state index in [-0.39, 0.29) is 24.8 Å². The van der Waals surface area contributed by atoms with Crippen LogP contribution in [0.5, 0.6) is 11.6 Å². The number of carbonyl (C=O) groups excluding carboxylic acids is 3. The van der Waals surface area contributed by atoms with Gasteiger partial charge in [0.2, 0.25) is 11.8 Å². The van der Waals surface area contributed by atoms with Crippen LogP contribution in [0.15, 0.2) is 18.2 Å². The van der Waals surface area contributed by atoms with Gasteiger partial charge < -0.3 is 29.2 Å². The number of hydrogen-bond acceptors (Lipinski definition) is 9. The first-order valence-corrected chi connectivity index (χ1v) is 15.7. The topological polar surface area (TPSA) is 129 Å². The third kappa shape index (κ3) is 6.08. The number of nitrogens with one attached hydrogen (secondary N) is 1. The molecule has 0 unspecified atom stereocenters. The molecule has 1 N–H and O–H groups in total. The van der Waals surface area contributed by atoms with Gasteiger partial charge in [-0.25, -0.2) is 19.6 Å². The maximum atomic E-state index is 14.2. The summed E-state index contributed by atoms with van der Waals surface area (Å²) in [4.78, 5) is 51.6. The number of carbonyl (C=O) groups is 3. The molecule has 2 bridgehead atoms. The van der Waals surface area contributed by atoms with Gasteiger partial charge in [-0.2, -0.15) is 0 Å². The first-order chi connectivity index (χ1) is 20.8. The first kappa shape index (κ1) is 29.4. The number of methoxy groups -OCH3 is 2. The lowest BCUT2D eigenvalue weighted by atomic mass is 9.96. The summed E-state index contributed by atoms with van der Waals surface area (Å²) in [6.45, 7) is 2.13. The molecule has 0 spiro atoms. The zero-order valence-electron chi connectivity index (χ0n) is 25.3. The molecule has 43 heavy (non-hydrogen) atoms. The molecule has 2 aliphatic carbocycles. The number of para-hydroxylation sites is 1. The molecule has 2 aliphatic heterocycles. The van der Waals surface area contributed by atoms with Crippen molar-refractivity contribution >= 4 is 29.0 Å². The molecule has 2 saturated carbocycles. The molecule has 11 heteroatoms. The predicted molar refractivity (Wildman–Crippen MR) is 157 cm³/mol. The van der Waals surface area contributed by atoms with Crippen molar-refractivity contribution in [3.8, 4) is 11.6 Å². The molecule has 3 heterocycles. The molecule has 1 aromatic carbocycles. The van der Waals surface area contributed by atoms with Crippen LogP contribution < -0.4 is 14.8 Å². The molecule has 1 saturated heterocycles. The van der Waals surface area contributed by atoms with Crippen LogP contribution in [0, 0.1) is 11.8 Å². The van der Waals surface area contributed by atoms with E-state index in [2.05, 4.69) is 5.32 Å². The summed E-state index contributed by atoms with van der Waals surface area (Å²) in [5.74, 6) is 0.430. The number of ether oxygens (including phenoxy) is 4. The highest BCUT2D eigenvalue weighted by Gasteiger charge is 2.54. The van der Waals surface area contributed by atoms with Crippen molar-refractivity contribution in [2.24, 2.45) is 11.8 Å². The Hall–Kier alpha value is -3.63. The van der Waals surface area contributed by atoms with Crippen LogP contribution in [0.1, 0.15) is 76.8 Å². The summed E-state index contributed by atoms with van der Waals surface area (Å²) in [7, 11) is 2.91. The van der Waals surface area contributed by atoms with Gasteiger partial charge in [0, 0.05) is 12.3 Å². The molecule has 232 valence electrons. The molecule has 2 amide bonds. The van der Waals surface area contributed by atoms with E-state index in [0.717, 1.165) is 69.0 Å². The average molecular weight is 595 g/mol. The molecule has 5 atom stereocenters. The fourth-order valence-electron chi connectivity index (χ4n) is 7.18. The van der Waals surface area contributed by atoms with Crippen molar-refractivity contribution in [2.45, 2.75) is 101 Å². The minimum absolute atomic E-state index is 0.0304. The third-order valence-electron chi connectivity index (χ3n) is 9.77. The van der Waals surface area contributed by atoms with E-state index < -0.39 is 35.9 Å². The predicted octanol–water partition coefficient (Wildman–Crippen LogP) is 4.34. The van der Waals surface area contributed by atoms with E-state index in [9.17, 15) is 14.4 Å². The van der Waals surface area contributed by atoms with E-state index in [0.29, 0.717) is 29.5 Å². The number of rotatable bonds is 3. The van der Waals surface area contributed by atoms with Crippen molar-refractivity contribution < 1.29 is 33.3 Å². The molecule has 11 nitrogen and oxygen atoms in total. The number of alkyl carbamates (subject to hydrolysis) is 1. The van der Waals surface area contributed by atoms with Gasteiger partial charge in [-0.15, -0.1) is 0 Å². The van der Waals surface area contributed by atoms with Gasteiger partial charge in [0.1, 0.15) is 40.7 Å². The van der Waals surface area contributed by atoms with Gasteiger partial charge in [0.15, 0.2) is 0 Å². The van der Waals surface area contributed by atoms with Gasteiger partial charge in [-0.3, -0.25) is 4.79 Å². The van der Waals surface area contributed by atoms with Crippen LogP contribution in [-0.2, 0) is 25.5 Å². The summed E-state index contributed by atoms with van der Waals surface area (Å²) in [5, 5.41) is 2.92. The standard InChI is InChI=1S/C32H42N4O7/c1-32-17-20(32)12-5-4-6-13-23-28(34-27-22(33-23)14-9-15-25(27)40-2)42-21-16-24(30(38)41-3)36(18-21)29(37)26(35-31(39)43-32)19-10-7-8-11-19/h9,14-15,19-21,24,26H,4-8,10-13,16-18H2,1-3H3,(H,35,39)/t20-,21+,24-,26-,32-/m0/s1. The Balaban J connectivity index is 1.35. The van der Waals surface area contributed by atoms with Crippen molar-refractivity contribution in [1.82, 2.24) is 20.2 Å². The van der Waals surface area contributed by atoms with E-state index >= 15 is 0 Å². The maximum absolute atomic E-state index is 14.2. The van der Waals surface area contributed by atoms with Crippen LogP contribution in [0.2, 0.25) is 0 Å². The minimum Gasteiger partial charge on any atom is -0.494 e. The summed E-state index contributed by atoms with van der Waals surface area (Å²) >= 11 is 0. The number of hydrogen-bond donors (Lipinski definition) is 1. The molecule has 1 aromatic heterocycles. The fourth-order valence-corrected chi connectivity index (χ4v) is 7.18. The van der Waals surface area contributed by atoms with E-state index in [1.165, 1.54) is 12.0 Å². The van der Waals surface area contributed by atoms with Crippen LogP contribution in [0.4, 0.5) is 4.79 Å². The second kappa shape index (κ2) is 12.2. The number of aryl methyl sites for hydroxylation is 1. The molecule has 3 fully saturated rings. The van der Waals surface area contributed by atoms with Gasteiger partial charge in [0.25, 0.3) is 0 Å². The van der Waals surface area contributed by atoms with E-state index in [1.807, 2.05) is 25.1 Å². The number of nitrogens with zero attached hydrogens (tertiary/aromatic N) is 3. The van der Waals surface area contributed by atoms with Crippen LogP contribution in [0.25, 0.3) is 11.0 Å². The molecular weight excluding hydrogens is 552 g/mol. The van der Waals surface area contributed by atoms with Crippen molar-refractivity contribution in [2.75, 3.05) is 20.8 Å². The number of aromatic nitrogens is 2. The molecule has 4 aliphatic rings. The Morgan fingerprint density at radius 1 is 1.07 bits per heavy atom. The SMILES string of the molecule is COC(=O)[C@@H]1C[C@@H]2CN1C(=O)[C@H](C1CCCC1)NC(=O)O[C@@]1(C)C[C@@H]1CCCCCc1nc3cccc(OC)c3nc1O2. The van der Waals surface area contributed by atoms with E-state index in [4.69, 9.17) is 28.9 Å². The zero-order chi connectivity index (χ0) is 30.1. The fraction of sp³-hybridized carbons (Fsp3) is 0.656. The van der Waals surface area contributed by atoms with Gasteiger partial charge in [-0.1, -0.05) is 31.7 Å². The van der Waals surface area contributed by atoms with Gasteiger partial charge >= 0.3 is 12.1 Å². The highest BCUT2D eigenvalue weighted by atomic mass is 16.6. The Bertz CT molecular complexity index is 1380. The van der Waals surface area contributed by atoms with Crippen LogP contribution in [0.3, 0.4) is 0 Å². The zero-order valence-corrected chi connectivity index (χ0v) is 25.3. The molecule has 2 aromatic rings. The van der Waals surface area contributed by atoms with Crippen molar-refractivity contribution in [3.63, 3.8) is 0 Å². The average Bonchev–Trinajstić information content (AvgIpc) is 3.36. The number of fused-ring (bicyclic) bond motifs is 5. The maximum Gasteiger partial charge on any atom is 0.408 e. The second-order valence-corrected chi connectivity index (χ2v) is 12.7. The number of amides is 2. The lowest BCUT2D eigenvalue weighted by Gasteiger charge is -2.31. The molecule has 6 rings (SSSR count). The summed E-state index contributed by atoms with van der Waals surface area (Å²) in [6, 6.07) is 4.00. The third-order valence-corrected chi connectivity index (χ3v) is 9.77. The smallest absolute Gasteiger partial charge is 0.408 e. The lowest BCUT2D eigenvalue weighted by Crippen LogP contribution is -2.55. The van der Waals surface area contributed by atoms with E-state index in [1.54, 1.807) is 7.11 Å². The van der Waals surface area contributed by atoms with Crippen LogP contribution >= 0.6 is 0 Å². The highest BCUT2D eigenvalue weighted by Crippen LogP contribution is 2.49. The number of esters is 1. The first-order valence-electron chi connectivity index (χ1n) is 15.7. The van der Waals surface area contributed by atoms with Crippen molar-refractivity contribution in [3.05, 3.63) is 23.9 Å². The quantitative estimate of drug-likeness (QED) is 0.516. The van der Waals surface area contributed by atoms with Gasteiger partial charge in [0.05, 0.1) is 26.3 Å². The normalized spacial score (nSPS) is 30.3. The summed E-state index contributed by atoms with van der Waals surface area (Å²) in [5.41, 5.74) is 1.55. The summed E-state index contributed by atoms with van der Waals surface area (Å²) < 4.78 is 23.1. The van der Waals surface area contributed by atoms with Crippen molar-refractivity contribution in [1.29, 1.82) is 0 Å². The molecular formula is C32H42N4O7. The Morgan fingerprint density at radius 3 is 2.63 bits per heavy atom. The minimum atomic E-state index is -0.844. The number of benzene rings is 1. The Kier molecular flexibility index (Phi) is 8.33. The monoisotopic (exact) mass is 594 g/mol. The Labute approximate surface area is 252 Å². The highest BCUT2D eigenvalue weighted by molar-refractivity contribution is 5.90. The second-order valence-electron chi connectivity index (χ2n) is 12.7. The summed E-state index contributed by atoms with van der Waals surface area (Å²) in [6.07, 6.45) is 8.15. The molecule has 0 radical (unpaired) electrons. The van der Waals surface area contributed by atoms with Crippen LogP contribution in [-0.4, -0.2) is 77.4 Å². The largest absolute Gasteiger partial charge is 0.494 e. The van der Waals surface area contributed by atoms with Gasteiger partial charge in [-0.05, 0) is 63.5 Å². The lowest BCUT2D eigenvalue weighted by molar-refractivity contribution is -0.152.